The third-order valence-electron chi connectivity index (χ3n) is 4.77. The van der Waals surface area contributed by atoms with Gasteiger partial charge in [-0.25, -0.2) is 0 Å². The van der Waals surface area contributed by atoms with Crippen LogP contribution in [0, 0.1) is 0 Å². The van der Waals surface area contributed by atoms with Gasteiger partial charge in [-0.2, -0.15) is 9.67 Å². The number of ether oxygens (including phenoxy) is 3. The van der Waals surface area contributed by atoms with Crippen molar-refractivity contribution in [2.75, 3.05) is 20.8 Å². The Labute approximate surface area is 176 Å². The molecule has 0 aliphatic rings. The van der Waals surface area contributed by atoms with Crippen LogP contribution < -0.4 is 14.2 Å². The minimum atomic E-state index is -0.406. The van der Waals surface area contributed by atoms with Crippen LogP contribution in [0.25, 0.3) is 11.4 Å². The van der Waals surface area contributed by atoms with Gasteiger partial charge in [-0.15, -0.1) is 5.10 Å². The summed E-state index contributed by atoms with van der Waals surface area (Å²) in [5, 5.41) is 4.35. The third kappa shape index (κ3) is 4.45. The highest BCUT2D eigenvalue weighted by molar-refractivity contribution is 6.02. The number of unbranched alkanes of at least 4 members (excludes halogenated alkanes) is 1. The molecule has 7 nitrogen and oxygen atoms in total. The number of aromatic nitrogens is 3. The van der Waals surface area contributed by atoms with E-state index in [1.165, 1.54) is 24.5 Å². The Hall–Kier alpha value is -3.35. The molecule has 0 spiro atoms. The summed E-state index contributed by atoms with van der Waals surface area (Å²) in [6, 6.07) is 13.2. The average molecular weight is 409 g/mol. The van der Waals surface area contributed by atoms with Crippen molar-refractivity contribution in [3.8, 4) is 28.9 Å². The van der Waals surface area contributed by atoms with Crippen molar-refractivity contribution in [3.63, 3.8) is 0 Å². The van der Waals surface area contributed by atoms with Gasteiger partial charge in [-0.1, -0.05) is 50.6 Å². The minimum Gasteiger partial charge on any atom is -0.496 e. The molecule has 0 atom stereocenters. The van der Waals surface area contributed by atoms with Gasteiger partial charge in [0.1, 0.15) is 17.1 Å². The first-order valence-electron chi connectivity index (χ1n) is 10.1. The summed E-state index contributed by atoms with van der Waals surface area (Å²) in [7, 11) is 3.02. The molecule has 0 amide bonds. The fourth-order valence-electron chi connectivity index (χ4n) is 3.05. The Morgan fingerprint density at radius 3 is 2.23 bits per heavy atom. The lowest BCUT2D eigenvalue weighted by molar-refractivity contribution is 0.0938. The van der Waals surface area contributed by atoms with Crippen LogP contribution >= 0.6 is 0 Å². The molecular formula is C23H27N3O4. The number of hydrogen-bond donors (Lipinski definition) is 0. The van der Waals surface area contributed by atoms with Crippen molar-refractivity contribution in [3.05, 3.63) is 53.6 Å². The molecule has 0 N–H and O–H groups in total. The number of carbonyl (C=O) groups excluding carboxylic acids is 1. The van der Waals surface area contributed by atoms with Crippen molar-refractivity contribution in [1.82, 2.24) is 14.8 Å². The van der Waals surface area contributed by atoms with E-state index in [4.69, 9.17) is 14.2 Å². The lowest BCUT2D eigenvalue weighted by Crippen LogP contribution is -2.17. The number of hydrogen-bond acceptors (Lipinski definition) is 6. The second kappa shape index (κ2) is 9.91. The topological polar surface area (TPSA) is 75.5 Å². The van der Waals surface area contributed by atoms with Gasteiger partial charge in [0.2, 0.25) is 0 Å². The highest BCUT2D eigenvalue weighted by atomic mass is 16.5. The molecule has 0 aliphatic carbocycles. The summed E-state index contributed by atoms with van der Waals surface area (Å²) in [5.41, 5.74) is 2.24. The zero-order chi connectivity index (χ0) is 21.5. The molecule has 0 saturated heterocycles. The zero-order valence-electron chi connectivity index (χ0n) is 17.8. The molecular weight excluding hydrogens is 382 g/mol. The first-order valence-corrected chi connectivity index (χ1v) is 10.1. The minimum absolute atomic E-state index is 0.167. The van der Waals surface area contributed by atoms with E-state index in [9.17, 15) is 4.79 Å². The summed E-state index contributed by atoms with van der Waals surface area (Å²) in [6.07, 6.45) is 2.79. The Balaban J connectivity index is 2.09. The van der Waals surface area contributed by atoms with Crippen LogP contribution in [0.4, 0.5) is 0 Å². The molecule has 0 saturated carbocycles. The predicted octanol–water partition coefficient (Wildman–Crippen LogP) is 4.39. The Bertz CT molecular complexity index is 974. The van der Waals surface area contributed by atoms with E-state index in [1.54, 1.807) is 18.2 Å². The highest BCUT2D eigenvalue weighted by Gasteiger charge is 2.25. The first kappa shape index (κ1) is 21.4. The molecule has 158 valence electrons. The van der Waals surface area contributed by atoms with Crippen molar-refractivity contribution in [2.45, 2.75) is 33.1 Å². The van der Waals surface area contributed by atoms with Gasteiger partial charge in [0.25, 0.3) is 5.91 Å². The number of benzene rings is 2. The van der Waals surface area contributed by atoms with Gasteiger partial charge in [0.05, 0.1) is 20.8 Å². The fourth-order valence-corrected chi connectivity index (χ4v) is 3.05. The number of rotatable bonds is 9. The molecule has 7 heteroatoms. The Morgan fingerprint density at radius 1 is 1.00 bits per heavy atom. The lowest BCUT2D eigenvalue weighted by Gasteiger charge is -2.12. The van der Waals surface area contributed by atoms with E-state index in [1.807, 2.05) is 24.3 Å². The maximum absolute atomic E-state index is 13.5. The predicted molar refractivity (Wildman–Crippen MR) is 115 cm³/mol. The van der Waals surface area contributed by atoms with Crippen molar-refractivity contribution in [1.29, 1.82) is 0 Å². The fraction of sp³-hybridized carbons (Fsp3) is 0.348. The summed E-state index contributed by atoms with van der Waals surface area (Å²) in [6.45, 7) is 4.66. The lowest BCUT2D eigenvalue weighted by atomic mass is 10.1. The second-order valence-electron chi connectivity index (χ2n) is 6.72. The van der Waals surface area contributed by atoms with Gasteiger partial charge in [-0.3, -0.25) is 4.79 Å². The molecule has 3 rings (SSSR count). The summed E-state index contributed by atoms with van der Waals surface area (Å²) >= 11 is 0. The SMILES string of the molecule is CCCCOc1nc(-c2ccc(CC)cc2)n(C(=O)c2c(OC)cccc2OC)n1. The van der Waals surface area contributed by atoms with Gasteiger partial charge in [0, 0.05) is 5.56 Å². The van der Waals surface area contributed by atoms with Crippen LogP contribution in [0.1, 0.15) is 42.6 Å². The Kier molecular flexibility index (Phi) is 7.06. The van der Waals surface area contributed by atoms with Crippen molar-refractivity contribution < 1.29 is 19.0 Å². The standard InChI is InChI=1S/C23H27N3O4/c1-5-7-15-30-23-24-21(17-13-11-16(6-2)12-14-17)26(25-23)22(27)20-18(28-3)9-8-10-19(20)29-4/h8-14H,5-7,15H2,1-4H3. The van der Waals surface area contributed by atoms with E-state index < -0.39 is 5.91 Å². The summed E-state index contributed by atoms with van der Waals surface area (Å²) in [5.74, 6) is 0.796. The zero-order valence-corrected chi connectivity index (χ0v) is 17.8. The number of carbonyl (C=O) groups is 1. The maximum Gasteiger partial charge on any atom is 0.336 e. The molecule has 1 heterocycles. The normalized spacial score (nSPS) is 10.7. The van der Waals surface area contributed by atoms with Crippen LogP contribution in [0.5, 0.6) is 17.5 Å². The quantitative estimate of drug-likeness (QED) is 0.488. The first-order chi connectivity index (χ1) is 14.6. The van der Waals surface area contributed by atoms with Crippen LogP contribution in [0.3, 0.4) is 0 Å². The highest BCUT2D eigenvalue weighted by Crippen LogP contribution is 2.31. The van der Waals surface area contributed by atoms with Crippen LogP contribution in [-0.2, 0) is 6.42 Å². The van der Waals surface area contributed by atoms with Gasteiger partial charge >= 0.3 is 6.01 Å². The van der Waals surface area contributed by atoms with Crippen LogP contribution in [0.15, 0.2) is 42.5 Å². The Morgan fingerprint density at radius 2 is 1.67 bits per heavy atom. The summed E-state index contributed by atoms with van der Waals surface area (Å²) < 4.78 is 17.7. The van der Waals surface area contributed by atoms with E-state index >= 15 is 0 Å². The molecule has 0 bridgehead atoms. The molecule has 0 fully saturated rings. The largest absolute Gasteiger partial charge is 0.496 e. The number of aryl methyl sites for hydroxylation is 1. The van der Waals surface area contributed by atoms with Crippen molar-refractivity contribution >= 4 is 5.91 Å². The van der Waals surface area contributed by atoms with E-state index in [2.05, 4.69) is 23.9 Å². The van der Waals surface area contributed by atoms with Gasteiger partial charge in [-0.05, 0) is 30.5 Å². The van der Waals surface area contributed by atoms with E-state index in [-0.39, 0.29) is 11.6 Å². The molecule has 3 aromatic rings. The second-order valence-corrected chi connectivity index (χ2v) is 6.72. The molecule has 30 heavy (non-hydrogen) atoms. The monoisotopic (exact) mass is 409 g/mol. The molecule has 0 unspecified atom stereocenters. The smallest absolute Gasteiger partial charge is 0.336 e. The van der Waals surface area contributed by atoms with E-state index in [0.717, 1.165) is 24.8 Å². The van der Waals surface area contributed by atoms with Crippen LogP contribution in [-0.4, -0.2) is 41.5 Å². The average Bonchev–Trinajstić information content (AvgIpc) is 3.22. The maximum atomic E-state index is 13.5. The molecule has 0 aliphatic heterocycles. The molecule has 1 aromatic heterocycles. The van der Waals surface area contributed by atoms with Crippen molar-refractivity contribution in [2.24, 2.45) is 0 Å². The van der Waals surface area contributed by atoms with Gasteiger partial charge in [0.15, 0.2) is 5.82 Å². The number of methoxy groups -OCH3 is 2. The van der Waals surface area contributed by atoms with Crippen LogP contribution in [0.2, 0.25) is 0 Å². The number of nitrogens with zero attached hydrogens (tertiary/aromatic N) is 3. The van der Waals surface area contributed by atoms with Gasteiger partial charge < -0.3 is 14.2 Å². The summed E-state index contributed by atoms with van der Waals surface area (Å²) in [4.78, 5) is 18.0. The molecule has 2 aromatic carbocycles. The third-order valence-corrected chi connectivity index (χ3v) is 4.77. The van der Waals surface area contributed by atoms with E-state index in [0.29, 0.717) is 23.9 Å². The molecule has 0 radical (unpaired) electrons.